The van der Waals surface area contributed by atoms with Gasteiger partial charge in [-0.25, -0.2) is 0 Å². The lowest BCUT2D eigenvalue weighted by Gasteiger charge is -2.27. The summed E-state index contributed by atoms with van der Waals surface area (Å²) in [7, 11) is 0. The fraction of sp³-hybridized carbons (Fsp3) is 0.900. The van der Waals surface area contributed by atoms with Crippen molar-refractivity contribution in [3.8, 4) is 0 Å². The number of carbonyl (C=O) groups is 1. The summed E-state index contributed by atoms with van der Waals surface area (Å²) < 4.78 is 0. The summed E-state index contributed by atoms with van der Waals surface area (Å²) in [6.45, 7) is 6.56. The lowest BCUT2D eigenvalue weighted by atomic mass is 10.1. The third-order valence-electron chi connectivity index (χ3n) is 2.37. The van der Waals surface area contributed by atoms with Gasteiger partial charge in [-0.2, -0.15) is 0 Å². The van der Waals surface area contributed by atoms with Crippen LogP contribution in [0.15, 0.2) is 0 Å². The molecule has 0 saturated heterocycles. The second-order valence-corrected chi connectivity index (χ2v) is 4.35. The zero-order chi connectivity index (χ0) is 10.1. The topological polar surface area (TPSA) is 40.5 Å². The Kier molecular flexibility index (Phi) is 2.96. The predicted molar refractivity (Wildman–Crippen MR) is 51.3 cm³/mol. The molecule has 1 saturated carbocycles. The molecule has 0 aromatic heterocycles. The molecule has 0 unspecified atom stereocenters. The van der Waals surface area contributed by atoms with E-state index < -0.39 is 5.60 Å². The molecule has 76 valence electrons. The molecule has 0 bridgehead atoms. The van der Waals surface area contributed by atoms with Crippen molar-refractivity contribution in [3.05, 3.63) is 0 Å². The second-order valence-electron chi connectivity index (χ2n) is 4.35. The molecule has 1 amide bonds. The van der Waals surface area contributed by atoms with E-state index in [1.165, 1.54) is 12.8 Å². The highest BCUT2D eigenvalue weighted by Gasteiger charge is 2.32. The SMILES string of the molecule is CCN(CC1CC1)C(=O)C(C)(C)O. The van der Waals surface area contributed by atoms with Gasteiger partial charge in [0.2, 0.25) is 0 Å². The standard InChI is InChI=1S/C10H19NO2/c1-4-11(7-8-5-6-8)9(12)10(2,3)13/h8,13H,4-7H2,1-3H3. The van der Waals surface area contributed by atoms with E-state index in [9.17, 15) is 9.90 Å². The first-order valence-corrected chi connectivity index (χ1v) is 4.97. The Hall–Kier alpha value is -0.570. The molecule has 1 rings (SSSR count). The molecule has 3 heteroatoms. The first-order chi connectivity index (χ1) is 5.95. The van der Waals surface area contributed by atoms with E-state index >= 15 is 0 Å². The van der Waals surface area contributed by atoms with E-state index in [2.05, 4.69) is 0 Å². The molecule has 0 aromatic carbocycles. The molecular weight excluding hydrogens is 166 g/mol. The van der Waals surface area contributed by atoms with Crippen molar-refractivity contribution >= 4 is 5.91 Å². The summed E-state index contributed by atoms with van der Waals surface area (Å²) >= 11 is 0. The summed E-state index contributed by atoms with van der Waals surface area (Å²) in [6.07, 6.45) is 2.46. The molecule has 0 radical (unpaired) electrons. The molecule has 3 nitrogen and oxygen atoms in total. The number of carbonyl (C=O) groups excluding carboxylic acids is 1. The molecule has 1 fully saturated rings. The number of hydrogen-bond acceptors (Lipinski definition) is 2. The third kappa shape index (κ3) is 2.99. The van der Waals surface area contributed by atoms with Gasteiger partial charge >= 0.3 is 0 Å². The Morgan fingerprint density at radius 1 is 1.54 bits per heavy atom. The van der Waals surface area contributed by atoms with Crippen LogP contribution in [0.5, 0.6) is 0 Å². The highest BCUT2D eigenvalue weighted by molar-refractivity contribution is 5.84. The van der Waals surface area contributed by atoms with E-state index in [4.69, 9.17) is 0 Å². The third-order valence-corrected chi connectivity index (χ3v) is 2.37. The van der Waals surface area contributed by atoms with E-state index in [0.717, 1.165) is 6.54 Å². The van der Waals surface area contributed by atoms with Gasteiger partial charge in [0, 0.05) is 13.1 Å². The van der Waals surface area contributed by atoms with Crippen LogP contribution in [-0.2, 0) is 4.79 Å². The maximum Gasteiger partial charge on any atom is 0.253 e. The molecule has 1 aliphatic carbocycles. The molecule has 0 heterocycles. The van der Waals surface area contributed by atoms with Crippen molar-refractivity contribution in [2.75, 3.05) is 13.1 Å². The van der Waals surface area contributed by atoms with Crippen LogP contribution in [0.2, 0.25) is 0 Å². The Labute approximate surface area is 79.7 Å². The number of aliphatic hydroxyl groups is 1. The minimum absolute atomic E-state index is 0.151. The number of rotatable bonds is 4. The van der Waals surface area contributed by atoms with Crippen LogP contribution in [0.4, 0.5) is 0 Å². The molecule has 0 aromatic rings. The van der Waals surface area contributed by atoms with Crippen molar-refractivity contribution < 1.29 is 9.90 Å². The average molecular weight is 185 g/mol. The number of likely N-dealkylation sites (N-methyl/N-ethyl adjacent to an activating group) is 1. The van der Waals surface area contributed by atoms with Gasteiger partial charge in [0.25, 0.3) is 5.91 Å². The van der Waals surface area contributed by atoms with E-state index in [0.29, 0.717) is 12.5 Å². The maximum absolute atomic E-state index is 11.6. The van der Waals surface area contributed by atoms with Crippen LogP contribution < -0.4 is 0 Å². The average Bonchev–Trinajstić information content (AvgIpc) is 2.80. The van der Waals surface area contributed by atoms with Crippen LogP contribution in [0.1, 0.15) is 33.6 Å². The summed E-state index contributed by atoms with van der Waals surface area (Å²) in [5.74, 6) is 0.535. The predicted octanol–water partition coefficient (Wildman–Crippen LogP) is 1.02. The maximum atomic E-state index is 11.6. The molecule has 13 heavy (non-hydrogen) atoms. The van der Waals surface area contributed by atoms with Crippen molar-refractivity contribution in [1.29, 1.82) is 0 Å². The van der Waals surface area contributed by atoms with E-state index in [1.807, 2.05) is 6.92 Å². The minimum atomic E-state index is -1.22. The zero-order valence-corrected chi connectivity index (χ0v) is 8.71. The summed E-state index contributed by atoms with van der Waals surface area (Å²) in [4.78, 5) is 13.4. The molecular formula is C10H19NO2. The van der Waals surface area contributed by atoms with Crippen LogP contribution in [-0.4, -0.2) is 34.6 Å². The summed E-state index contributed by atoms with van der Waals surface area (Å²) in [5, 5.41) is 9.53. The van der Waals surface area contributed by atoms with Crippen LogP contribution >= 0.6 is 0 Å². The zero-order valence-electron chi connectivity index (χ0n) is 8.71. The Morgan fingerprint density at radius 3 is 2.38 bits per heavy atom. The molecule has 0 atom stereocenters. The Morgan fingerprint density at radius 2 is 2.08 bits per heavy atom. The summed E-state index contributed by atoms with van der Waals surface area (Å²) in [6, 6.07) is 0. The van der Waals surface area contributed by atoms with Crippen molar-refractivity contribution in [2.45, 2.75) is 39.2 Å². The summed E-state index contributed by atoms with van der Waals surface area (Å²) in [5.41, 5.74) is -1.22. The number of hydrogen-bond donors (Lipinski definition) is 1. The Balaban J connectivity index is 2.48. The van der Waals surface area contributed by atoms with Gasteiger partial charge in [-0.1, -0.05) is 0 Å². The highest BCUT2D eigenvalue weighted by Crippen LogP contribution is 2.30. The van der Waals surface area contributed by atoms with Gasteiger partial charge < -0.3 is 10.0 Å². The van der Waals surface area contributed by atoms with Gasteiger partial charge in [-0.05, 0) is 39.5 Å². The second kappa shape index (κ2) is 3.66. The smallest absolute Gasteiger partial charge is 0.253 e. The first-order valence-electron chi connectivity index (χ1n) is 4.97. The fourth-order valence-corrected chi connectivity index (χ4v) is 1.35. The van der Waals surface area contributed by atoms with Crippen LogP contribution in [0, 0.1) is 5.92 Å². The Bertz CT molecular complexity index is 192. The molecule has 0 aliphatic heterocycles. The molecule has 1 aliphatic rings. The van der Waals surface area contributed by atoms with Crippen molar-refractivity contribution in [2.24, 2.45) is 5.92 Å². The van der Waals surface area contributed by atoms with Crippen LogP contribution in [0.3, 0.4) is 0 Å². The highest BCUT2D eigenvalue weighted by atomic mass is 16.3. The monoisotopic (exact) mass is 185 g/mol. The lowest BCUT2D eigenvalue weighted by Crippen LogP contribution is -2.45. The lowest BCUT2D eigenvalue weighted by molar-refractivity contribution is -0.147. The van der Waals surface area contributed by atoms with Gasteiger partial charge in [0.05, 0.1) is 0 Å². The first kappa shape index (κ1) is 10.5. The van der Waals surface area contributed by atoms with Gasteiger partial charge in [0.1, 0.15) is 5.60 Å². The fourth-order valence-electron chi connectivity index (χ4n) is 1.35. The van der Waals surface area contributed by atoms with Crippen molar-refractivity contribution in [3.63, 3.8) is 0 Å². The van der Waals surface area contributed by atoms with Crippen molar-refractivity contribution in [1.82, 2.24) is 4.90 Å². The van der Waals surface area contributed by atoms with Crippen LogP contribution in [0.25, 0.3) is 0 Å². The minimum Gasteiger partial charge on any atom is -0.381 e. The number of amides is 1. The quantitative estimate of drug-likeness (QED) is 0.710. The van der Waals surface area contributed by atoms with E-state index in [-0.39, 0.29) is 5.91 Å². The normalized spacial score (nSPS) is 17.2. The largest absolute Gasteiger partial charge is 0.381 e. The van der Waals surface area contributed by atoms with E-state index in [1.54, 1.807) is 18.7 Å². The van der Waals surface area contributed by atoms with Gasteiger partial charge in [-0.3, -0.25) is 4.79 Å². The number of nitrogens with zero attached hydrogens (tertiary/aromatic N) is 1. The van der Waals surface area contributed by atoms with Gasteiger partial charge in [0.15, 0.2) is 0 Å². The molecule has 1 N–H and O–H groups in total. The van der Waals surface area contributed by atoms with Gasteiger partial charge in [-0.15, -0.1) is 0 Å². The molecule has 0 spiro atoms.